The van der Waals surface area contributed by atoms with Crippen molar-refractivity contribution in [3.63, 3.8) is 0 Å². The van der Waals surface area contributed by atoms with Crippen molar-refractivity contribution in [3.05, 3.63) is 0 Å². The molecule has 0 saturated carbocycles. The number of urea groups is 1. The zero-order valence-electron chi connectivity index (χ0n) is 13.7. The Morgan fingerprint density at radius 2 is 1.95 bits per heavy atom. The molecule has 0 aromatic heterocycles. The molecule has 0 spiro atoms. The monoisotopic (exact) mass is 305 g/mol. The number of terminal acetylenes is 1. The predicted molar refractivity (Wildman–Crippen MR) is 86.1 cm³/mol. The van der Waals surface area contributed by atoms with Gasteiger partial charge in [-0.2, -0.15) is 0 Å². The molecule has 2 fully saturated rings. The highest BCUT2D eigenvalue weighted by Gasteiger charge is 2.31. The first-order valence-electron chi connectivity index (χ1n) is 8.34. The van der Waals surface area contributed by atoms with Crippen LogP contribution in [-0.2, 0) is 4.79 Å². The van der Waals surface area contributed by atoms with Gasteiger partial charge in [0.2, 0.25) is 5.91 Å². The van der Waals surface area contributed by atoms with Crippen molar-refractivity contribution in [1.29, 1.82) is 0 Å². The van der Waals surface area contributed by atoms with Crippen LogP contribution < -0.4 is 5.32 Å². The molecule has 2 aliphatic rings. The summed E-state index contributed by atoms with van der Waals surface area (Å²) in [5, 5.41) is 2.91. The van der Waals surface area contributed by atoms with E-state index in [1.54, 1.807) is 0 Å². The lowest BCUT2D eigenvalue weighted by molar-refractivity contribution is -0.136. The molecule has 2 aliphatic heterocycles. The Balaban J connectivity index is 1.82. The summed E-state index contributed by atoms with van der Waals surface area (Å²) in [5.41, 5.74) is 0. The lowest BCUT2D eigenvalue weighted by atomic mass is 9.99. The second-order valence-corrected chi connectivity index (χ2v) is 6.60. The molecule has 0 radical (unpaired) electrons. The number of piperidine rings is 2. The molecule has 2 heterocycles. The van der Waals surface area contributed by atoms with Gasteiger partial charge in [-0.25, -0.2) is 4.79 Å². The van der Waals surface area contributed by atoms with Gasteiger partial charge in [-0.1, -0.05) is 19.8 Å². The fraction of sp³-hybridized carbons (Fsp3) is 0.765. The number of carbonyl (C=O) groups excluding carboxylic acids is 2. The van der Waals surface area contributed by atoms with Crippen molar-refractivity contribution < 1.29 is 9.59 Å². The summed E-state index contributed by atoms with van der Waals surface area (Å²) in [5.74, 6) is 3.13. The first kappa shape index (κ1) is 16.7. The summed E-state index contributed by atoms with van der Waals surface area (Å²) in [4.78, 5) is 28.1. The smallest absolute Gasteiger partial charge is 0.318 e. The maximum absolute atomic E-state index is 12.3. The third-order valence-corrected chi connectivity index (χ3v) is 4.68. The molecule has 0 aromatic rings. The van der Waals surface area contributed by atoms with E-state index in [9.17, 15) is 9.59 Å². The predicted octanol–water partition coefficient (Wildman–Crippen LogP) is 1.83. The van der Waals surface area contributed by atoms with Crippen molar-refractivity contribution in [2.24, 2.45) is 5.92 Å². The van der Waals surface area contributed by atoms with Gasteiger partial charge >= 0.3 is 6.03 Å². The van der Waals surface area contributed by atoms with E-state index < -0.39 is 0 Å². The zero-order chi connectivity index (χ0) is 16.1. The third-order valence-electron chi connectivity index (χ3n) is 4.68. The van der Waals surface area contributed by atoms with Gasteiger partial charge < -0.3 is 15.1 Å². The standard InChI is InChI=1S/C17H27N3O2/c1-4-15(13(2)3)18-17(22)19-11-8-14(9-12-19)20-10-6-5-7-16(20)21/h1,13-15H,5-12H2,2-3H3,(H,18,22)/t15-/m1/s1. The Morgan fingerprint density at radius 3 is 2.50 bits per heavy atom. The average molecular weight is 305 g/mol. The summed E-state index contributed by atoms with van der Waals surface area (Å²) in [6, 6.07) is -0.0145. The number of hydrogen-bond acceptors (Lipinski definition) is 2. The van der Waals surface area contributed by atoms with E-state index in [2.05, 4.69) is 11.2 Å². The molecule has 0 aliphatic carbocycles. The largest absolute Gasteiger partial charge is 0.340 e. The molecule has 0 unspecified atom stereocenters. The van der Waals surface area contributed by atoms with Crippen LogP contribution in [0.25, 0.3) is 0 Å². The Bertz CT molecular complexity index is 447. The number of hydrogen-bond donors (Lipinski definition) is 1. The van der Waals surface area contributed by atoms with E-state index in [4.69, 9.17) is 6.42 Å². The summed E-state index contributed by atoms with van der Waals surface area (Å²) in [6.45, 7) is 6.26. The van der Waals surface area contributed by atoms with Crippen LogP contribution in [0.4, 0.5) is 4.79 Å². The zero-order valence-corrected chi connectivity index (χ0v) is 13.7. The molecule has 1 N–H and O–H groups in total. The van der Waals surface area contributed by atoms with Gasteiger partial charge in [0.05, 0.1) is 6.04 Å². The highest BCUT2D eigenvalue weighted by molar-refractivity contribution is 5.77. The summed E-state index contributed by atoms with van der Waals surface area (Å²) in [6.07, 6.45) is 9.98. The molecule has 0 bridgehead atoms. The van der Waals surface area contributed by atoms with Crippen molar-refractivity contribution >= 4 is 11.9 Å². The number of amides is 3. The van der Waals surface area contributed by atoms with Crippen molar-refractivity contribution in [2.45, 2.75) is 58.0 Å². The van der Waals surface area contributed by atoms with Gasteiger partial charge in [0.15, 0.2) is 0 Å². The Labute approximate surface area is 133 Å². The maximum atomic E-state index is 12.3. The fourth-order valence-corrected chi connectivity index (χ4v) is 3.22. The molecule has 2 saturated heterocycles. The number of likely N-dealkylation sites (tertiary alicyclic amines) is 2. The van der Waals surface area contributed by atoms with Crippen LogP contribution in [0.1, 0.15) is 46.0 Å². The van der Waals surface area contributed by atoms with Crippen LogP contribution in [0.2, 0.25) is 0 Å². The third kappa shape index (κ3) is 3.94. The summed E-state index contributed by atoms with van der Waals surface area (Å²) >= 11 is 0. The van der Waals surface area contributed by atoms with Gasteiger partial charge in [-0.05, 0) is 31.6 Å². The van der Waals surface area contributed by atoms with Gasteiger partial charge in [0.1, 0.15) is 0 Å². The molecule has 3 amide bonds. The van der Waals surface area contributed by atoms with Crippen LogP contribution in [-0.4, -0.2) is 53.5 Å². The summed E-state index contributed by atoms with van der Waals surface area (Å²) < 4.78 is 0. The molecule has 22 heavy (non-hydrogen) atoms. The Kier molecular flexibility index (Phi) is 5.70. The quantitative estimate of drug-likeness (QED) is 0.809. The van der Waals surface area contributed by atoms with Gasteiger partial charge in [0, 0.05) is 32.1 Å². The SMILES string of the molecule is C#C[C@@H](NC(=O)N1CCC(N2CCCCC2=O)CC1)C(C)C. The number of nitrogens with one attached hydrogen (secondary N) is 1. The van der Waals surface area contributed by atoms with Gasteiger partial charge in [0.25, 0.3) is 0 Å². The number of nitrogens with zero attached hydrogens (tertiary/aromatic N) is 2. The first-order chi connectivity index (χ1) is 10.5. The molecule has 0 aromatic carbocycles. The molecular formula is C17H27N3O2. The van der Waals surface area contributed by atoms with Crippen LogP contribution in [0.3, 0.4) is 0 Å². The number of rotatable bonds is 3. The van der Waals surface area contributed by atoms with Crippen molar-refractivity contribution in [2.75, 3.05) is 19.6 Å². The maximum Gasteiger partial charge on any atom is 0.318 e. The van der Waals surface area contributed by atoms with E-state index in [0.717, 1.165) is 32.2 Å². The summed E-state index contributed by atoms with van der Waals surface area (Å²) in [7, 11) is 0. The van der Waals surface area contributed by atoms with Crippen molar-refractivity contribution in [3.8, 4) is 12.3 Å². The van der Waals surface area contributed by atoms with E-state index in [-0.39, 0.29) is 23.9 Å². The second kappa shape index (κ2) is 7.53. The van der Waals surface area contributed by atoms with E-state index >= 15 is 0 Å². The minimum Gasteiger partial charge on any atom is -0.340 e. The molecular weight excluding hydrogens is 278 g/mol. The molecule has 1 atom stereocenters. The highest BCUT2D eigenvalue weighted by Crippen LogP contribution is 2.21. The van der Waals surface area contributed by atoms with Gasteiger partial charge in [-0.15, -0.1) is 6.42 Å². The van der Waals surface area contributed by atoms with Crippen LogP contribution in [0, 0.1) is 18.3 Å². The minimum atomic E-state index is -0.228. The Hall–Kier alpha value is -1.70. The normalized spacial score (nSPS) is 21.6. The van der Waals surface area contributed by atoms with E-state index in [1.165, 1.54) is 0 Å². The number of carbonyl (C=O) groups is 2. The lowest BCUT2D eigenvalue weighted by Gasteiger charge is -2.40. The first-order valence-corrected chi connectivity index (χ1v) is 8.34. The lowest BCUT2D eigenvalue weighted by Crippen LogP contribution is -2.53. The highest BCUT2D eigenvalue weighted by atomic mass is 16.2. The molecule has 2 rings (SSSR count). The van der Waals surface area contributed by atoms with Crippen LogP contribution in [0.15, 0.2) is 0 Å². The molecule has 5 heteroatoms. The van der Waals surface area contributed by atoms with E-state index in [0.29, 0.717) is 25.6 Å². The topological polar surface area (TPSA) is 52.7 Å². The molecule has 5 nitrogen and oxygen atoms in total. The van der Waals surface area contributed by atoms with Crippen molar-refractivity contribution in [1.82, 2.24) is 15.1 Å². The van der Waals surface area contributed by atoms with E-state index in [1.807, 2.05) is 23.6 Å². The van der Waals surface area contributed by atoms with Crippen LogP contribution >= 0.6 is 0 Å². The fourth-order valence-electron chi connectivity index (χ4n) is 3.22. The second-order valence-electron chi connectivity index (χ2n) is 6.60. The average Bonchev–Trinajstić information content (AvgIpc) is 2.52. The van der Waals surface area contributed by atoms with Crippen LogP contribution in [0.5, 0.6) is 0 Å². The Morgan fingerprint density at radius 1 is 1.27 bits per heavy atom. The van der Waals surface area contributed by atoms with Gasteiger partial charge in [-0.3, -0.25) is 4.79 Å². The minimum absolute atomic E-state index is 0.0833. The molecule has 122 valence electrons.